The molecule has 0 aromatic heterocycles. The van der Waals surface area contributed by atoms with Crippen LogP contribution in [0.15, 0.2) is 48.5 Å². The van der Waals surface area contributed by atoms with E-state index in [4.69, 9.17) is 9.84 Å². The normalized spacial score (nSPS) is 11.4. The van der Waals surface area contributed by atoms with Gasteiger partial charge in [-0.05, 0) is 49.2 Å². The fourth-order valence-electron chi connectivity index (χ4n) is 2.37. The Labute approximate surface area is 162 Å². The van der Waals surface area contributed by atoms with Gasteiger partial charge in [0.1, 0.15) is 6.10 Å². The molecule has 0 saturated heterocycles. The molecule has 1 unspecified atom stereocenters. The van der Waals surface area contributed by atoms with Crippen LogP contribution in [0.2, 0.25) is 0 Å². The molecule has 0 aliphatic heterocycles. The van der Waals surface area contributed by atoms with Gasteiger partial charge in [-0.15, -0.1) is 0 Å². The Morgan fingerprint density at radius 1 is 0.964 bits per heavy atom. The van der Waals surface area contributed by atoms with E-state index in [1.165, 1.54) is 7.11 Å². The van der Waals surface area contributed by atoms with Gasteiger partial charge >= 0.3 is 12.0 Å². The van der Waals surface area contributed by atoms with Gasteiger partial charge in [-0.2, -0.15) is 0 Å². The Hall–Kier alpha value is -3.39. The number of methoxy groups -OCH3 is 1. The van der Waals surface area contributed by atoms with Crippen molar-refractivity contribution in [2.24, 2.45) is 0 Å². The first-order chi connectivity index (χ1) is 13.4. The number of carbonyl (C=O) groups is 3. The van der Waals surface area contributed by atoms with Crippen LogP contribution in [0.1, 0.15) is 18.9 Å². The number of hydrogen-bond donors (Lipinski definition) is 4. The summed E-state index contributed by atoms with van der Waals surface area (Å²) in [6, 6.07) is 13.3. The zero-order valence-corrected chi connectivity index (χ0v) is 15.7. The molecule has 0 fully saturated rings. The van der Waals surface area contributed by atoms with E-state index in [1.54, 1.807) is 55.5 Å². The van der Waals surface area contributed by atoms with Crippen LogP contribution in [0.5, 0.6) is 0 Å². The van der Waals surface area contributed by atoms with Crippen molar-refractivity contribution in [3.63, 3.8) is 0 Å². The summed E-state index contributed by atoms with van der Waals surface area (Å²) < 4.78 is 4.96. The Bertz CT molecular complexity index is 853. The number of carbonyl (C=O) groups excluding carboxylic acids is 2. The number of anilines is 3. The predicted octanol–water partition coefficient (Wildman–Crippen LogP) is 3.32. The van der Waals surface area contributed by atoms with Gasteiger partial charge in [-0.1, -0.05) is 18.2 Å². The van der Waals surface area contributed by atoms with Gasteiger partial charge in [-0.3, -0.25) is 9.59 Å². The number of rotatable bonds is 8. The number of ether oxygens (including phenoxy) is 1. The molecule has 4 N–H and O–H groups in total. The number of nitrogens with one attached hydrogen (secondary N) is 3. The molecule has 2 aromatic carbocycles. The van der Waals surface area contributed by atoms with Crippen LogP contribution in [0.3, 0.4) is 0 Å². The van der Waals surface area contributed by atoms with E-state index >= 15 is 0 Å². The fourth-order valence-corrected chi connectivity index (χ4v) is 2.37. The molecule has 0 bridgehead atoms. The zero-order chi connectivity index (χ0) is 20.5. The van der Waals surface area contributed by atoms with Gasteiger partial charge in [0.25, 0.3) is 5.91 Å². The second-order valence-electron chi connectivity index (χ2n) is 6.12. The Kier molecular flexibility index (Phi) is 7.53. The van der Waals surface area contributed by atoms with Crippen molar-refractivity contribution in [3.8, 4) is 0 Å². The highest BCUT2D eigenvalue weighted by molar-refractivity contribution is 6.00. The lowest BCUT2D eigenvalue weighted by molar-refractivity contribution is -0.137. The topological polar surface area (TPSA) is 117 Å². The molecule has 0 radical (unpaired) electrons. The molecule has 0 aliphatic rings. The molecule has 8 heteroatoms. The molecular weight excluding hydrogens is 362 g/mol. The van der Waals surface area contributed by atoms with E-state index < -0.39 is 18.1 Å². The summed E-state index contributed by atoms with van der Waals surface area (Å²) >= 11 is 0. The standard InChI is InChI=1S/C20H23N3O5/c1-13(28-2)19(26)21-16-7-4-8-17(12-16)23-20(27)22-15-6-3-5-14(11-15)9-10-18(24)25/h3-8,11-13H,9-10H2,1-2H3,(H,21,26)(H,24,25)(H2,22,23,27). The summed E-state index contributed by atoms with van der Waals surface area (Å²) in [7, 11) is 1.45. The van der Waals surface area contributed by atoms with E-state index in [1.807, 2.05) is 0 Å². The van der Waals surface area contributed by atoms with Crippen molar-refractivity contribution in [2.75, 3.05) is 23.1 Å². The summed E-state index contributed by atoms with van der Waals surface area (Å²) in [6.45, 7) is 1.63. The van der Waals surface area contributed by atoms with Gasteiger partial charge in [0.05, 0.1) is 0 Å². The summed E-state index contributed by atoms with van der Waals surface area (Å²) in [6.07, 6.45) is -0.183. The number of aliphatic carboxylic acids is 1. The largest absolute Gasteiger partial charge is 0.481 e. The molecule has 1 atom stereocenters. The first-order valence-corrected chi connectivity index (χ1v) is 8.70. The smallest absolute Gasteiger partial charge is 0.323 e. The van der Waals surface area contributed by atoms with Crippen molar-refractivity contribution in [1.82, 2.24) is 0 Å². The lowest BCUT2D eigenvalue weighted by Gasteiger charge is -2.12. The molecule has 3 amide bonds. The Morgan fingerprint density at radius 3 is 2.14 bits per heavy atom. The van der Waals surface area contributed by atoms with Crippen LogP contribution in [-0.2, 0) is 20.7 Å². The SMILES string of the molecule is COC(C)C(=O)Nc1cccc(NC(=O)Nc2cccc(CCC(=O)O)c2)c1. The first kappa shape index (κ1) is 20.9. The maximum Gasteiger partial charge on any atom is 0.323 e. The van der Waals surface area contributed by atoms with Gasteiger partial charge < -0.3 is 25.8 Å². The van der Waals surface area contributed by atoms with E-state index in [0.717, 1.165) is 5.56 Å². The van der Waals surface area contributed by atoms with E-state index in [2.05, 4.69) is 16.0 Å². The van der Waals surface area contributed by atoms with Gasteiger partial charge in [0.15, 0.2) is 0 Å². The van der Waals surface area contributed by atoms with Crippen LogP contribution in [0.25, 0.3) is 0 Å². The van der Waals surface area contributed by atoms with Crippen LogP contribution in [0.4, 0.5) is 21.9 Å². The highest BCUT2D eigenvalue weighted by Crippen LogP contribution is 2.17. The lowest BCUT2D eigenvalue weighted by Crippen LogP contribution is -2.26. The lowest BCUT2D eigenvalue weighted by atomic mass is 10.1. The second kappa shape index (κ2) is 10.1. The number of urea groups is 1. The minimum absolute atomic E-state index is 0.0237. The van der Waals surface area contributed by atoms with Crippen molar-refractivity contribution < 1.29 is 24.2 Å². The van der Waals surface area contributed by atoms with E-state index in [0.29, 0.717) is 23.5 Å². The molecular formula is C20H23N3O5. The zero-order valence-electron chi connectivity index (χ0n) is 15.7. The van der Waals surface area contributed by atoms with Crippen LogP contribution in [0, 0.1) is 0 Å². The maximum absolute atomic E-state index is 12.2. The molecule has 2 rings (SSSR count). The van der Waals surface area contributed by atoms with Crippen LogP contribution >= 0.6 is 0 Å². The molecule has 0 heterocycles. The molecule has 2 aromatic rings. The van der Waals surface area contributed by atoms with Gasteiger partial charge in [-0.25, -0.2) is 4.79 Å². The summed E-state index contributed by atoms with van der Waals surface area (Å²) in [4.78, 5) is 34.8. The minimum Gasteiger partial charge on any atom is -0.481 e. The van der Waals surface area contributed by atoms with Crippen molar-refractivity contribution in [3.05, 3.63) is 54.1 Å². The molecule has 0 aliphatic carbocycles. The number of hydrogen-bond acceptors (Lipinski definition) is 4. The van der Waals surface area contributed by atoms with Gasteiger partial charge in [0, 0.05) is 30.6 Å². The van der Waals surface area contributed by atoms with Gasteiger partial charge in [0.2, 0.25) is 0 Å². The predicted molar refractivity (Wildman–Crippen MR) is 107 cm³/mol. The number of carboxylic acid groups (broad SMARTS) is 1. The third-order valence-electron chi connectivity index (χ3n) is 3.92. The Morgan fingerprint density at radius 2 is 1.54 bits per heavy atom. The molecule has 8 nitrogen and oxygen atoms in total. The van der Waals surface area contributed by atoms with Crippen molar-refractivity contribution in [2.45, 2.75) is 25.9 Å². The highest BCUT2D eigenvalue weighted by Gasteiger charge is 2.12. The number of amides is 3. The third-order valence-corrected chi connectivity index (χ3v) is 3.92. The molecule has 28 heavy (non-hydrogen) atoms. The summed E-state index contributed by atoms with van der Waals surface area (Å²) in [5, 5.41) is 16.9. The summed E-state index contributed by atoms with van der Waals surface area (Å²) in [5.74, 6) is -1.16. The molecule has 148 valence electrons. The van der Waals surface area contributed by atoms with Crippen molar-refractivity contribution >= 4 is 35.0 Å². The first-order valence-electron chi connectivity index (χ1n) is 8.70. The molecule has 0 spiro atoms. The second-order valence-corrected chi connectivity index (χ2v) is 6.12. The number of aryl methyl sites for hydroxylation is 1. The maximum atomic E-state index is 12.2. The molecule has 0 saturated carbocycles. The average Bonchev–Trinajstić information content (AvgIpc) is 2.66. The number of carboxylic acids is 1. The fraction of sp³-hybridized carbons (Fsp3) is 0.250. The van der Waals surface area contributed by atoms with E-state index in [-0.39, 0.29) is 12.3 Å². The minimum atomic E-state index is -0.872. The third kappa shape index (κ3) is 6.73. The highest BCUT2D eigenvalue weighted by atomic mass is 16.5. The number of benzene rings is 2. The Balaban J connectivity index is 1.96. The monoisotopic (exact) mass is 385 g/mol. The van der Waals surface area contributed by atoms with Crippen LogP contribution in [-0.4, -0.2) is 36.2 Å². The van der Waals surface area contributed by atoms with Crippen molar-refractivity contribution in [1.29, 1.82) is 0 Å². The van der Waals surface area contributed by atoms with Crippen LogP contribution < -0.4 is 16.0 Å². The van der Waals surface area contributed by atoms with E-state index in [9.17, 15) is 14.4 Å². The average molecular weight is 385 g/mol. The quantitative estimate of drug-likeness (QED) is 0.556. The summed E-state index contributed by atoms with van der Waals surface area (Å²) in [5.41, 5.74) is 2.40.